The SMILES string of the molecule is [2H]C([2H])([2H])C([2H])(C)c1ccc(-c2cccc3c2oc2nc(CC)ccc23)nc1. The standard InChI is InChI=1S/C21H20N2O/c1-4-15-9-10-17-16-6-5-7-18(20(16)24-21(17)23-15)19-11-8-14(12-22-19)13(2)3/h5-13H,4H2,1-3H3/i2D3,13D. The van der Waals surface area contributed by atoms with Crippen LogP contribution in [0.3, 0.4) is 0 Å². The number of nitrogens with zero attached hydrogens (tertiary/aromatic N) is 2. The minimum Gasteiger partial charge on any atom is -0.437 e. The van der Waals surface area contributed by atoms with Gasteiger partial charge in [-0.1, -0.05) is 38.9 Å². The van der Waals surface area contributed by atoms with E-state index in [2.05, 4.69) is 9.97 Å². The normalized spacial score (nSPS) is 17.1. The summed E-state index contributed by atoms with van der Waals surface area (Å²) in [5, 5.41) is 1.91. The first kappa shape index (κ1) is 11.0. The second-order valence-electron chi connectivity index (χ2n) is 5.85. The summed E-state index contributed by atoms with van der Waals surface area (Å²) in [4.78, 5) is 9.00. The Hall–Kier alpha value is -2.68. The molecule has 0 fully saturated rings. The number of para-hydroxylation sites is 1. The lowest BCUT2D eigenvalue weighted by Crippen LogP contribution is -1.90. The number of aryl methyl sites for hydroxylation is 1. The van der Waals surface area contributed by atoms with Gasteiger partial charge in [0.25, 0.3) is 0 Å². The third kappa shape index (κ3) is 2.37. The van der Waals surface area contributed by atoms with E-state index in [1.54, 1.807) is 12.1 Å². The number of hydrogen-bond acceptors (Lipinski definition) is 3. The van der Waals surface area contributed by atoms with Gasteiger partial charge in [0, 0.05) is 33.7 Å². The highest BCUT2D eigenvalue weighted by molar-refractivity contribution is 6.08. The van der Waals surface area contributed by atoms with Crippen molar-refractivity contribution in [1.29, 1.82) is 0 Å². The summed E-state index contributed by atoms with van der Waals surface area (Å²) in [6.07, 6.45) is 2.29. The van der Waals surface area contributed by atoms with Gasteiger partial charge in [-0.2, -0.15) is 0 Å². The van der Waals surface area contributed by atoms with Crippen LogP contribution in [-0.4, -0.2) is 9.97 Å². The van der Waals surface area contributed by atoms with Gasteiger partial charge in [-0.15, -0.1) is 0 Å². The molecule has 1 unspecified atom stereocenters. The first-order chi connectivity index (χ1) is 13.2. The van der Waals surface area contributed by atoms with Crippen LogP contribution in [0.25, 0.3) is 33.3 Å². The quantitative estimate of drug-likeness (QED) is 0.484. The zero-order chi connectivity index (χ0) is 20.1. The average molecular weight is 320 g/mol. The van der Waals surface area contributed by atoms with Crippen molar-refractivity contribution in [2.24, 2.45) is 0 Å². The number of pyridine rings is 2. The lowest BCUT2D eigenvalue weighted by atomic mass is 10.0. The maximum absolute atomic E-state index is 8.21. The summed E-state index contributed by atoms with van der Waals surface area (Å²) in [6.45, 7) is 0.998. The van der Waals surface area contributed by atoms with Crippen molar-refractivity contribution in [2.45, 2.75) is 33.0 Å². The molecule has 0 saturated carbocycles. The van der Waals surface area contributed by atoms with E-state index in [1.807, 2.05) is 37.3 Å². The summed E-state index contributed by atoms with van der Waals surface area (Å²) < 4.78 is 37.0. The Morgan fingerprint density at radius 3 is 2.83 bits per heavy atom. The topological polar surface area (TPSA) is 38.9 Å². The highest BCUT2D eigenvalue weighted by atomic mass is 16.3. The smallest absolute Gasteiger partial charge is 0.227 e. The zero-order valence-electron chi connectivity index (χ0n) is 17.6. The third-order valence-corrected chi connectivity index (χ3v) is 4.26. The lowest BCUT2D eigenvalue weighted by Gasteiger charge is -2.06. The van der Waals surface area contributed by atoms with Crippen LogP contribution in [0.1, 0.15) is 43.3 Å². The van der Waals surface area contributed by atoms with Crippen LogP contribution < -0.4 is 0 Å². The number of furan rings is 1. The fourth-order valence-corrected chi connectivity index (χ4v) is 2.89. The monoisotopic (exact) mass is 320 g/mol. The molecule has 0 spiro atoms. The van der Waals surface area contributed by atoms with Gasteiger partial charge in [-0.3, -0.25) is 4.98 Å². The third-order valence-electron chi connectivity index (χ3n) is 4.26. The van der Waals surface area contributed by atoms with Crippen molar-refractivity contribution in [3.05, 3.63) is 59.9 Å². The molecule has 0 aliphatic heterocycles. The Labute approximate surface area is 147 Å². The van der Waals surface area contributed by atoms with Crippen molar-refractivity contribution in [3.63, 3.8) is 0 Å². The average Bonchev–Trinajstić information content (AvgIpc) is 3.05. The molecule has 0 bridgehead atoms. The van der Waals surface area contributed by atoms with Crippen molar-refractivity contribution in [3.8, 4) is 11.3 Å². The van der Waals surface area contributed by atoms with Crippen molar-refractivity contribution < 1.29 is 9.90 Å². The van der Waals surface area contributed by atoms with Crippen molar-refractivity contribution in [1.82, 2.24) is 9.97 Å². The molecule has 0 radical (unpaired) electrons. The molecule has 0 saturated heterocycles. The summed E-state index contributed by atoms with van der Waals surface area (Å²) >= 11 is 0. The van der Waals surface area contributed by atoms with E-state index in [-0.39, 0.29) is 0 Å². The van der Waals surface area contributed by atoms with Crippen LogP contribution in [0, 0.1) is 0 Å². The van der Waals surface area contributed by atoms with Gasteiger partial charge in [0.05, 0.1) is 5.69 Å². The van der Waals surface area contributed by atoms with Gasteiger partial charge in [-0.25, -0.2) is 4.98 Å². The number of fused-ring (bicyclic) bond motifs is 3. The van der Waals surface area contributed by atoms with Gasteiger partial charge in [0.2, 0.25) is 5.71 Å². The molecule has 3 aromatic heterocycles. The van der Waals surface area contributed by atoms with Gasteiger partial charge in [0.15, 0.2) is 0 Å². The molecular formula is C21H20N2O. The molecule has 1 atom stereocenters. The highest BCUT2D eigenvalue weighted by Crippen LogP contribution is 2.34. The molecule has 3 heteroatoms. The summed E-state index contributed by atoms with van der Waals surface area (Å²) in [5.41, 5.74) is 4.07. The largest absolute Gasteiger partial charge is 0.437 e. The first-order valence-corrected chi connectivity index (χ1v) is 8.00. The van der Waals surface area contributed by atoms with E-state index in [0.717, 1.165) is 28.5 Å². The Morgan fingerprint density at radius 2 is 2.08 bits per heavy atom. The number of hydrogen-bond donors (Lipinski definition) is 0. The van der Waals surface area contributed by atoms with Crippen LogP contribution in [-0.2, 0) is 6.42 Å². The predicted molar refractivity (Wildman–Crippen MR) is 98.2 cm³/mol. The van der Waals surface area contributed by atoms with Crippen LogP contribution in [0.15, 0.2) is 53.1 Å². The Balaban J connectivity index is 1.83. The molecule has 0 aliphatic rings. The molecule has 4 rings (SSSR count). The molecule has 0 N–H and O–H groups in total. The molecule has 120 valence electrons. The van der Waals surface area contributed by atoms with Crippen LogP contribution in [0.5, 0.6) is 0 Å². The van der Waals surface area contributed by atoms with Crippen LogP contribution >= 0.6 is 0 Å². The highest BCUT2D eigenvalue weighted by Gasteiger charge is 2.14. The molecule has 24 heavy (non-hydrogen) atoms. The summed E-state index contributed by atoms with van der Waals surface area (Å²) in [7, 11) is 0. The molecule has 3 nitrogen and oxygen atoms in total. The van der Waals surface area contributed by atoms with Gasteiger partial charge in [-0.05, 0) is 42.1 Å². The van der Waals surface area contributed by atoms with Gasteiger partial charge in [0.1, 0.15) is 5.58 Å². The second-order valence-corrected chi connectivity index (χ2v) is 5.85. The fraction of sp³-hybridized carbons (Fsp3) is 0.238. The van der Waals surface area contributed by atoms with E-state index < -0.39 is 12.7 Å². The van der Waals surface area contributed by atoms with E-state index in [1.165, 1.54) is 13.1 Å². The van der Waals surface area contributed by atoms with Gasteiger partial charge < -0.3 is 4.42 Å². The molecule has 0 amide bonds. The summed E-state index contributed by atoms with van der Waals surface area (Å²) in [6, 6.07) is 13.2. The predicted octanol–water partition coefficient (Wildman–Crippen LogP) is 5.73. The Bertz CT molecular complexity index is 1160. The molecule has 3 heterocycles. The summed E-state index contributed by atoms with van der Waals surface area (Å²) in [5.74, 6) is -1.72. The van der Waals surface area contributed by atoms with E-state index in [4.69, 9.17) is 9.90 Å². The number of rotatable bonds is 3. The molecule has 1 aromatic carbocycles. The fourth-order valence-electron chi connectivity index (χ4n) is 2.89. The van der Waals surface area contributed by atoms with Crippen LogP contribution in [0.2, 0.25) is 0 Å². The minimum atomic E-state index is -2.43. The van der Waals surface area contributed by atoms with Gasteiger partial charge >= 0.3 is 0 Å². The second kappa shape index (κ2) is 5.75. The molecule has 4 aromatic rings. The van der Waals surface area contributed by atoms with E-state index in [0.29, 0.717) is 22.6 Å². The van der Waals surface area contributed by atoms with E-state index >= 15 is 0 Å². The number of benzene rings is 1. The molecule has 0 aliphatic carbocycles. The first-order valence-electron chi connectivity index (χ1n) is 10.0. The van der Waals surface area contributed by atoms with Crippen LogP contribution in [0.4, 0.5) is 0 Å². The lowest BCUT2D eigenvalue weighted by molar-refractivity contribution is 0.652. The molecular weight excluding hydrogens is 296 g/mol. The van der Waals surface area contributed by atoms with E-state index in [9.17, 15) is 0 Å². The maximum atomic E-state index is 8.21. The van der Waals surface area contributed by atoms with Crippen molar-refractivity contribution >= 4 is 22.1 Å². The Kier molecular flexibility index (Phi) is 2.63. The maximum Gasteiger partial charge on any atom is 0.227 e. The minimum absolute atomic E-state index is 0.349. The zero-order valence-corrected chi connectivity index (χ0v) is 13.6. The Morgan fingerprint density at radius 1 is 1.17 bits per heavy atom. The van der Waals surface area contributed by atoms with Crippen molar-refractivity contribution in [2.75, 3.05) is 0 Å². The number of aromatic nitrogens is 2.